The first-order chi connectivity index (χ1) is 9.50. The van der Waals surface area contributed by atoms with E-state index in [0.717, 1.165) is 25.7 Å². The Labute approximate surface area is 122 Å². The van der Waals surface area contributed by atoms with E-state index >= 15 is 0 Å². The van der Waals surface area contributed by atoms with Crippen LogP contribution in [0.1, 0.15) is 45.4 Å². The van der Waals surface area contributed by atoms with Gasteiger partial charge in [-0.1, -0.05) is 19.8 Å². The van der Waals surface area contributed by atoms with E-state index in [0.29, 0.717) is 31.6 Å². The Bertz CT molecular complexity index is 436. The molecular weight excluding hydrogens is 276 g/mol. The number of fused-ring (bicyclic) bond motifs is 2. The first-order valence-corrected chi connectivity index (χ1v) is 9.56. The van der Waals surface area contributed by atoms with Crippen molar-refractivity contribution in [2.45, 2.75) is 57.5 Å². The first kappa shape index (κ1) is 15.8. The number of rotatable bonds is 6. The highest BCUT2D eigenvalue weighted by Crippen LogP contribution is 2.20. The van der Waals surface area contributed by atoms with Crippen molar-refractivity contribution in [3.8, 4) is 0 Å². The molecular formula is C14H26N2O3S. The monoisotopic (exact) mass is 302 g/mol. The summed E-state index contributed by atoms with van der Waals surface area (Å²) in [6.07, 6.45) is 5.78. The fourth-order valence-corrected chi connectivity index (χ4v) is 4.44. The highest BCUT2D eigenvalue weighted by atomic mass is 32.2. The maximum absolute atomic E-state index is 12.2. The SMILES string of the molecule is CCCCCS(=O)(=O)CC(=O)N1CCC2CCC(C1)N2. The van der Waals surface area contributed by atoms with Crippen molar-refractivity contribution < 1.29 is 13.2 Å². The lowest BCUT2D eigenvalue weighted by Gasteiger charge is -2.24. The van der Waals surface area contributed by atoms with Gasteiger partial charge in [-0.15, -0.1) is 0 Å². The van der Waals surface area contributed by atoms with Gasteiger partial charge in [-0.2, -0.15) is 0 Å². The van der Waals surface area contributed by atoms with Crippen LogP contribution in [0.15, 0.2) is 0 Å². The number of unbranched alkanes of at least 4 members (excludes halogenated alkanes) is 2. The fraction of sp³-hybridized carbons (Fsp3) is 0.929. The van der Waals surface area contributed by atoms with Crippen LogP contribution in [0.25, 0.3) is 0 Å². The zero-order chi connectivity index (χ0) is 14.6. The van der Waals surface area contributed by atoms with Gasteiger partial charge in [0.25, 0.3) is 0 Å². The van der Waals surface area contributed by atoms with Crippen LogP contribution < -0.4 is 5.32 Å². The summed E-state index contributed by atoms with van der Waals surface area (Å²) in [5, 5.41) is 3.50. The van der Waals surface area contributed by atoms with E-state index in [1.807, 2.05) is 6.92 Å². The number of nitrogens with one attached hydrogen (secondary N) is 1. The lowest BCUT2D eigenvalue weighted by Crippen LogP contribution is -2.42. The molecule has 2 aliphatic heterocycles. The highest BCUT2D eigenvalue weighted by molar-refractivity contribution is 7.92. The summed E-state index contributed by atoms with van der Waals surface area (Å²) in [6.45, 7) is 3.40. The molecule has 0 radical (unpaired) electrons. The number of sulfone groups is 1. The second-order valence-electron chi connectivity index (χ2n) is 6.07. The minimum atomic E-state index is -3.24. The Morgan fingerprint density at radius 1 is 1.20 bits per heavy atom. The van der Waals surface area contributed by atoms with E-state index in [1.54, 1.807) is 4.90 Å². The maximum atomic E-state index is 12.2. The minimum Gasteiger partial charge on any atom is -0.340 e. The predicted molar refractivity (Wildman–Crippen MR) is 79.3 cm³/mol. The number of hydrogen-bond acceptors (Lipinski definition) is 4. The minimum absolute atomic E-state index is 0.144. The fourth-order valence-electron chi connectivity index (χ4n) is 3.09. The molecule has 2 unspecified atom stereocenters. The number of carbonyl (C=O) groups is 1. The van der Waals surface area contributed by atoms with Gasteiger partial charge in [0.05, 0.1) is 5.75 Å². The molecule has 2 atom stereocenters. The number of hydrogen-bond donors (Lipinski definition) is 1. The van der Waals surface area contributed by atoms with Gasteiger partial charge in [0.15, 0.2) is 9.84 Å². The maximum Gasteiger partial charge on any atom is 0.237 e. The largest absolute Gasteiger partial charge is 0.340 e. The summed E-state index contributed by atoms with van der Waals surface area (Å²) in [4.78, 5) is 13.9. The molecule has 2 saturated heterocycles. The molecule has 2 heterocycles. The molecule has 20 heavy (non-hydrogen) atoms. The highest BCUT2D eigenvalue weighted by Gasteiger charge is 2.32. The van der Waals surface area contributed by atoms with Crippen LogP contribution in [0.4, 0.5) is 0 Å². The van der Waals surface area contributed by atoms with Crippen LogP contribution in [0.2, 0.25) is 0 Å². The van der Waals surface area contributed by atoms with Gasteiger partial charge in [0.1, 0.15) is 5.75 Å². The molecule has 0 aromatic rings. The lowest BCUT2D eigenvalue weighted by molar-refractivity contribution is -0.128. The molecule has 2 rings (SSSR count). The van der Waals surface area contributed by atoms with Gasteiger partial charge in [-0.25, -0.2) is 8.42 Å². The molecule has 116 valence electrons. The van der Waals surface area contributed by atoms with Crippen molar-refractivity contribution in [3.63, 3.8) is 0 Å². The van der Waals surface area contributed by atoms with E-state index in [1.165, 1.54) is 6.42 Å². The predicted octanol–water partition coefficient (Wildman–Crippen LogP) is 0.944. The number of likely N-dealkylation sites (tertiary alicyclic amines) is 1. The summed E-state index contributed by atoms with van der Waals surface area (Å²) in [5.74, 6) is -0.380. The Morgan fingerprint density at radius 3 is 2.70 bits per heavy atom. The Hall–Kier alpha value is -0.620. The van der Waals surface area contributed by atoms with Gasteiger partial charge in [0.2, 0.25) is 5.91 Å². The Balaban J connectivity index is 1.84. The van der Waals surface area contributed by atoms with Gasteiger partial charge < -0.3 is 10.2 Å². The molecule has 0 aromatic heterocycles. The molecule has 5 nitrogen and oxygen atoms in total. The van der Waals surface area contributed by atoms with Crippen LogP contribution >= 0.6 is 0 Å². The van der Waals surface area contributed by atoms with Gasteiger partial charge in [0, 0.05) is 25.2 Å². The van der Waals surface area contributed by atoms with Crippen molar-refractivity contribution in [1.82, 2.24) is 10.2 Å². The third-order valence-electron chi connectivity index (χ3n) is 4.28. The summed E-state index contributed by atoms with van der Waals surface area (Å²) in [6, 6.07) is 0.869. The summed E-state index contributed by atoms with van der Waals surface area (Å²) >= 11 is 0. The molecule has 1 amide bonds. The third-order valence-corrected chi connectivity index (χ3v) is 5.88. The zero-order valence-corrected chi connectivity index (χ0v) is 13.1. The standard InChI is InChI=1S/C14H26N2O3S/c1-2-3-4-9-20(18,19)11-14(17)16-8-7-12-5-6-13(10-16)15-12/h12-13,15H,2-11H2,1H3. The first-order valence-electron chi connectivity index (χ1n) is 7.74. The van der Waals surface area contributed by atoms with E-state index in [2.05, 4.69) is 5.32 Å². The van der Waals surface area contributed by atoms with Crippen molar-refractivity contribution in [2.24, 2.45) is 0 Å². The van der Waals surface area contributed by atoms with Crippen LogP contribution in [0, 0.1) is 0 Å². The van der Waals surface area contributed by atoms with Crippen LogP contribution in [-0.2, 0) is 14.6 Å². The Kier molecular flexibility index (Phi) is 5.43. The molecule has 1 N–H and O–H groups in total. The molecule has 2 aliphatic rings. The average Bonchev–Trinajstić information content (AvgIpc) is 2.68. The van der Waals surface area contributed by atoms with Gasteiger partial charge in [-0.3, -0.25) is 4.79 Å². The molecule has 2 bridgehead atoms. The molecule has 2 fully saturated rings. The van der Waals surface area contributed by atoms with Crippen molar-refractivity contribution in [2.75, 3.05) is 24.6 Å². The normalized spacial score (nSPS) is 26.6. The molecule has 6 heteroatoms. The average molecular weight is 302 g/mol. The van der Waals surface area contributed by atoms with Crippen LogP contribution in [-0.4, -0.2) is 55.9 Å². The Morgan fingerprint density at radius 2 is 1.95 bits per heavy atom. The smallest absolute Gasteiger partial charge is 0.237 e. The topological polar surface area (TPSA) is 66.5 Å². The van der Waals surface area contributed by atoms with E-state index in [4.69, 9.17) is 0 Å². The second-order valence-corrected chi connectivity index (χ2v) is 8.25. The third kappa shape index (κ3) is 4.45. The lowest BCUT2D eigenvalue weighted by atomic mass is 10.1. The van der Waals surface area contributed by atoms with Crippen LogP contribution in [0.3, 0.4) is 0 Å². The summed E-state index contributed by atoms with van der Waals surface area (Å²) in [7, 11) is -3.24. The zero-order valence-electron chi connectivity index (χ0n) is 12.3. The van der Waals surface area contributed by atoms with E-state index in [-0.39, 0.29) is 17.4 Å². The van der Waals surface area contributed by atoms with E-state index < -0.39 is 9.84 Å². The van der Waals surface area contributed by atoms with E-state index in [9.17, 15) is 13.2 Å². The number of carbonyl (C=O) groups excluding carboxylic acids is 1. The number of amides is 1. The summed E-state index contributed by atoms with van der Waals surface area (Å²) in [5.41, 5.74) is 0. The van der Waals surface area contributed by atoms with Crippen molar-refractivity contribution >= 4 is 15.7 Å². The van der Waals surface area contributed by atoms with Crippen LogP contribution in [0.5, 0.6) is 0 Å². The quantitative estimate of drug-likeness (QED) is 0.742. The molecule has 0 spiro atoms. The van der Waals surface area contributed by atoms with Crippen molar-refractivity contribution in [3.05, 3.63) is 0 Å². The summed E-state index contributed by atoms with van der Waals surface area (Å²) < 4.78 is 23.9. The second kappa shape index (κ2) is 6.89. The van der Waals surface area contributed by atoms with Gasteiger partial charge >= 0.3 is 0 Å². The number of nitrogens with zero attached hydrogens (tertiary/aromatic N) is 1. The molecule has 0 aromatic carbocycles. The van der Waals surface area contributed by atoms with Crippen molar-refractivity contribution in [1.29, 1.82) is 0 Å². The molecule has 0 aliphatic carbocycles. The van der Waals surface area contributed by atoms with Gasteiger partial charge in [-0.05, 0) is 25.7 Å². The molecule has 0 saturated carbocycles.